The van der Waals surface area contributed by atoms with Crippen molar-refractivity contribution in [3.05, 3.63) is 65.7 Å². The van der Waals surface area contributed by atoms with Gasteiger partial charge in [0.1, 0.15) is 12.3 Å². The normalized spacial score (nSPS) is 20.6. The quantitative estimate of drug-likeness (QED) is 0.400. The number of phenols is 1. The number of phenolic OH excluding ortho intramolecular Hbond substituents is 1. The number of hydrogen-bond acceptors (Lipinski definition) is 5. The van der Waals surface area contributed by atoms with E-state index in [1.54, 1.807) is 6.07 Å². The smallest absolute Gasteiger partial charge is 0.322 e. The summed E-state index contributed by atoms with van der Waals surface area (Å²) < 4.78 is 0. The van der Waals surface area contributed by atoms with Gasteiger partial charge in [0, 0.05) is 13.1 Å². The van der Waals surface area contributed by atoms with E-state index in [1.165, 1.54) is 0 Å². The van der Waals surface area contributed by atoms with E-state index < -0.39 is 5.97 Å². The van der Waals surface area contributed by atoms with E-state index in [0.717, 1.165) is 43.7 Å². The molecule has 36 heavy (non-hydrogen) atoms. The minimum atomic E-state index is -1.04. The minimum absolute atomic E-state index is 0.0459. The molecule has 1 fully saturated rings. The highest BCUT2D eigenvalue weighted by molar-refractivity contribution is 5.83. The Bertz CT molecular complexity index is 951. The second-order valence-corrected chi connectivity index (χ2v) is 9.83. The molecular weight excluding hydrogens is 454 g/mol. The van der Waals surface area contributed by atoms with E-state index in [2.05, 4.69) is 49.3 Å². The van der Waals surface area contributed by atoms with Gasteiger partial charge < -0.3 is 25.7 Å². The highest BCUT2D eigenvalue weighted by atomic mass is 16.4. The Morgan fingerprint density at radius 1 is 1.11 bits per heavy atom. The van der Waals surface area contributed by atoms with E-state index in [-0.39, 0.29) is 29.5 Å². The molecule has 0 unspecified atom stereocenters. The first kappa shape index (κ1) is 29.3. The Labute approximate surface area is 215 Å². The lowest BCUT2D eigenvalue weighted by molar-refractivity contribution is -0.138. The van der Waals surface area contributed by atoms with Crippen LogP contribution in [-0.4, -0.2) is 66.3 Å². The molecule has 3 atom stereocenters. The number of amides is 1. The van der Waals surface area contributed by atoms with Crippen LogP contribution < -0.4 is 10.6 Å². The summed E-state index contributed by atoms with van der Waals surface area (Å²) in [6.45, 7) is 12.7. The Balaban J connectivity index is 0.000000830. The predicted molar refractivity (Wildman–Crippen MR) is 144 cm³/mol. The van der Waals surface area contributed by atoms with Gasteiger partial charge in [-0.1, -0.05) is 70.2 Å². The number of nitrogens with zero attached hydrogens (tertiary/aromatic N) is 1. The summed E-state index contributed by atoms with van der Waals surface area (Å²) in [5, 5.41) is 24.5. The third-order valence-electron chi connectivity index (χ3n) is 7.16. The number of piperidine rings is 1. The van der Waals surface area contributed by atoms with Gasteiger partial charge in [-0.3, -0.25) is 9.59 Å². The third-order valence-corrected chi connectivity index (χ3v) is 7.16. The van der Waals surface area contributed by atoms with Crippen molar-refractivity contribution in [3.63, 3.8) is 0 Å². The summed E-state index contributed by atoms with van der Waals surface area (Å²) in [4.78, 5) is 26.0. The van der Waals surface area contributed by atoms with Crippen molar-refractivity contribution in [1.82, 2.24) is 15.5 Å². The van der Waals surface area contributed by atoms with Crippen LogP contribution >= 0.6 is 0 Å². The number of carboxylic acids is 1. The number of aromatic hydroxyl groups is 1. The summed E-state index contributed by atoms with van der Waals surface area (Å²) in [5.41, 5.74) is 2.16. The van der Waals surface area contributed by atoms with Gasteiger partial charge in [0.15, 0.2) is 0 Å². The Morgan fingerprint density at radius 2 is 1.81 bits per heavy atom. The number of carboxylic acid groups (broad SMARTS) is 1. The van der Waals surface area contributed by atoms with E-state index in [1.807, 2.05) is 42.5 Å². The van der Waals surface area contributed by atoms with Gasteiger partial charge in [-0.05, 0) is 67.1 Å². The van der Waals surface area contributed by atoms with E-state index >= 15 is 0 Å². The molecule has 1 aliphatic heterocycles. The number of benzene rings is 2. The topological polar surface area (TPSA) is 102 Å². The number of hydrogen-bond donors (Lipinski definition) is 4. The molecule has 1 heterocycles. The summed E-state index contributed by atoms with van der Waals surface area (Å²) in [6.07, 6.45) is 1.49. The van der Waals surface area contributed by atoms with Crippen molar-refractivity contribution in [3.8, 4) is 5.75 Å². The van der Waals surface area contributed by atoms with Crippen LogP contribution in [0.5, 0.6) is 5.75 Å². The zero-order valence-electron chi connectivity index (χ0n) is 22.2. The average molecular weight is 498 g/mol. The summed E-state index contributed by atoms with van der Waals surface area (Å²) in [5.74, 6) is -0.964. The summed E-state index contributed by atoms with van der Waals surface area (Å²) in [6, 6.07) is 17.3. The molecule has 0 spiro atoms. The van der Waals surface area contributed by atoms with Gasteiger partial charge in [0.25, 0.3) is 0 Å². The van der Waals surface area contributed by atoms with Crippen LogP contribution in [0.3, 0.4) is 0 Å². The summed E-state index contributed by atoms with van der Waals surface area (Å²) in [7, 11) is 0. The molecule has 0 saturated carbocycles. The van der Waals surface area contributed by atoms with E-state index in [9.17, 15) is 14.7 Å². The maximum Gasteiger partial charge on any atom is 0.322 e. The molecule has 2 aromatic carbocycles. The van der Waals surface area contributed by atoms with Gasteiger partial charge in [-0.15, -0.1) is 0 Å². The average Bonchev–Trinajstić information content (AvgIpc) is 2.86. The Kier molecular flexibility index (Phi) is 11.9. The molecule has 0 aromatic heterocycles. The largest absolute Gasteiger partial charge is 0.508 e. The zero-order valence-corrected chi connectivity index (χ0v) is 22.2. The minimum Gasteiger partial charge on any atom is -0.508 e. The number of carbonyl (C=O) groups excluding carboxylic acids is 1. The van der Waals surface area contributed by atoms with Crippen molar-refractivity contribution >= 4 is 11.9 Å². The SMILES string of the molecule is CCNCC.C[C@H]1CN(C[C@@H](Cc2ccccc2)C(=O)NCC(=O)O)CC[C@@]1(C)c1cccc(O)c1. The fraction of sp³-hybridized carbons (Fsp3) is 0.517. The van der Waals surface area contributed by atoms with E-state index in [4.69, 9.17) is 5.11 Å². The molecule has 0 bridgehead atoms. The van der Waals surface area contributed by atoms with Gasteiger partial charge in [-0.25, -0.2) is 0 Å². The first-order valence-corrected chi connectivity index (χ1v) is 13.0. The molecular formula is C29H43N3O4. The van der Waals surface area contributed by atoms with Gasteiger partial charge in [0.2, 0.25) is 5.91 Å². The summed E-state index contributed by atoms with van der Waals surface area (Å²) >= 11 is 0. The molecule has 0 aliphatic carbocycles. The predicted octanol–water partition coefficient (Wildman–Crippen LogP) is 3.67. The van der Waals surface area contributed by atoms with Crippen LogP contribution in [0, 0.1) is 11.8 Å². The molecule has 1 aliphatic rings. The second-order valence-electron chi connectivity index (χ2n) is 9.83. The first-order valence-electron chi connectivity index (χ1n) is 13.0. The third kappa shape index (κ3) is 8.95. The molecule has 0 radical (unpaired) electrons. The molecule has 7 heteroatoms. The second kappa shape index (κ2) is 14.6. The van der Waals surface area contributed by atoms with Crippen molar-refractivity contribution in [1.29, 1.82) is 0 Å². The lowest BCUT2D eigenvalue weighted by Crippen LogP contribution is -2.50. The monoisotopic (exact) mass is 497 g/mol. The molecule has 198 valence electrons. The number of nitrogens with one attached hydrogen (secondary N) is 2. The lowest BCUT2D eigenvalue weighted by Gasteiger charge is -2.45. The molecule has 4 N–H and O–H groups in total. The number of rotatable bonds is 10. The number of likely N-dealkylation sites (tertiary alicyclic amines) is 1. The molecule has 2 aromatic rings. The van der Waals surface area contributed by atoms with Crippen LogP contribution in [0.15, 0.2) is 54.6 Å². The fourth-order valence-corrected chi connectivity index (χ4v) is 4.78. The first-order chi connectivity index (χ1) is 17.2. The Morgan fingerprint density at radius 3 is 2.36 bits per heavy atom. The van der Waals surface area contributed by atoms with Crippen molar-refractivity contribution < 1.29 is 19.8 Å². The van der Waals surface area contributed by atoms with Gasteiger partial charge >= 0.3 is 5.97 Å². The van der Waals surface area contributed by atoms with Crippen molar-refractivity contribution in [2.45, 2.75) is 46.0 Å². The molecule has 1 amide bonds. The molecule has 3 rings (SSSR count). The zero-order chi connectivity index (χ0) is 26.6. The maximum absolute atomic E-state index is 12.8. The fourth-order valence-electron chi connectivity index (χ4n) is 4.78. The van der Waals surface area contributed by atoms with Crippen LogP contribution in [0.25, 0.3) is 0 Å². The molecule has 7 nitrogen and oxygen atoms in total. The van der Waals surface area contributed by atoms with E-state index in [0.29, 0.717) is 18.9 Å². The van der Waals surface area contributed by atoms with Crippen LogP contribution in [0.4, 0.5) is 0 Å². The number of carbonyl (C=O) groups is 2. The van der Waals surface area contributed by atoms with Crippen LogP contribution in [0.2, 0.25) is 0 Å². The molecule has 1 saturated heterocycles. The van der Waals surface area contributed by atoms with Gasteiger partial charge in [-0.2, -0.15) is 0 Å². The number of aliphatic carboxylic acids is 1. The van der Waals surface area contributed by atoms with Gasteiger partial charge in [0.05, 0.1) is 5.92 Å². The Hall–Kier alpha value is -2.90. The highest BCUT2D eigenvalue weighted by Gasteiger charge is 2.39. The van der Waals surface area contributed by atoms with Crippen molar-refractivity contribution in [2.75, 3.05) is 39.3 Å². The maximum atomic E-state index is 12.8. The lowest BCUT2D eigenvalue weighted by atomic mass is 9.68. The van der Waals surface area contributed by atoms with Crippen molar-refractivity contribution in [2.24, 2.45) is 11.8 Å². The van der Waals surface area contributed by atoms with Crippen LogP contribution in [-0.2, 0) is 21.4 Å². The highest BCUT2D eigenvalue weighted by Crippen LogP contribution is 2.40. The standard InChI is InChI=1S/C25H32N2O4.C4H11N/c1-18-16-27(12-11-25(18,2)21-9-6-10-22(28)14-21)17-20(24(31)26-15-23(29)30)13-19-7-4-3-5-8-19;1-3-5-4-2/h3-10,14,18,20,28H,11-13,15-17H2,1-2H3,(H,26,31)(H,29,30);5H,3-4H2,1-2H3/t18-,20+,25+;/m0./s1. The van der Waals surface area contributed by atoms with Crippen LogP contribution in [0.1, 0.15) is 45.2 Å².